The minimum Gasteiger partial charge on any atom is -0.465 e. The summed E-state index contributed by atoms with van der Waals surface area (Å²) in [6.07, 6.45) is 1.96. The molecule has 0 unspecified atom stereocenters. The first-order valence-electron chi connectivity index (χ1n) is 5.37. The zero-order valence-electron chi connectivity index (χ0n) is 9.96. The molecule has 0 fully saturated rings. The number of hydrogen-bond donors (Lipinski definition) is 0. The van der Waals surface area contributed by atoms with Crippen molar-refractivity contribution in [2.75, 3.05) is 7.11 Å². The summed E-state index contributed by atoms with van der Waals surface area (Å²) in [7, 11) is 1.38. The maximum Gasteiger partial charge on any atom is 0.337 e. The van der Waals surface area contributed by atoms with Gasteiger partial charge in [0, 0.05) is 12.0 Å². The number of unbranched alkanes of at least 4 members (excludes halogenated alkanes) is 1. The molecule has 0 aliphatic heterocycles. The van der Waals surface area contributed by atoms with Gasteiger partial charge < -0.3 is 4.74 Å². The average Bonchev–Trinajstić information content (AvgIpc) is 2.30. The molecular weight excluding hydrogens is 200 g/mol. The minimum absolute atomic E-state index is 0.309. The molecule has 0 spiro atoms. The van der Waals surface area contributed by atoms with Gasteiger partial charge in [-0.25, -0.2) is 4.79 Å². The number of benzene rings is 1. The van der Waals surface area contributed by atoms with E-state index in [2.05, 4.69) is 23.5 Å². The Morgan fingerprint density at radius 3 is 2.75 bits per heavy atom. The number of methoxy groups -OCH3 is 1. The van der Waals surface area contributed by atoms with E-state index in [0.29, 0.717) is 5.56 Å². The van der Waals surface area contributed by atoms with Gasteiger partial charge in [-0.1, -0.05) is 18.8 Å². The van der Waals surface area contributed by atoms with Gasteiger partial charge in [0.05, 0.1) is 12.7 Å². The van der Waals surface area contributed by atoms with Crippen molar-refractivity contribution >= 4 is 5.97 Å². The highest BCUT2D eigenvalue weighted by Crippen LogP contribution is 2.11. The van der Waals surface area contributed by atoms with Gasteiger partial charge >= 0.3 is 5.97 Å². The molecule has 0 aliphatic rings. The lowest BCUT2D eigenvalue weighted by Crippen LogP contribution is -2.01. The summed E-state index contributed by atoms with van der Waals surface area (Å²) in [6, 6.07) is 5.42. The van der Waals surface area contributed by atoms with Crippen molar-refractivity contribution in [3.63, 3.8) is 0 Å². The molecule has 0 saturated heterocycles. The van der Waals surface area contributed by atoms with Gasteiger partial charge in [-0.15, -0.1) is 0 Å². The molecule has 0 aromatic heterocycles. The van der Waals surface area contributed by atoms with Gasteiger partial charge in [-0.3, -0.25) is 0 Å². The Hall–Kier alpha value is -1.75. The van der Waals surface area contributed by atoms with Crippen LogP contribution in [0.5, 0.6) is 0 Å². The molecule has 0 bridgehead atoms. The highest BCUT2D eigenvalue weighted by Gasteiger charge is 2.05. The Morgan fingerprint density at radius 1 is 1.44 bits per heavy atom. The predicted octanol–water partition coefficient (Wildman–Crippen LogP) is 2.93. The maximum absolute atomic E-state index is 11.3. The van der Waals surface area contributed by atoms with E-state index in [1.54, 1.807) is 6.07 Å². The summed E-state index contributed by atoms with van der Waals surface area (Å²) in [5.74, 6) is 5.88. The molecule has 1 aromatic rings. The maximum atomic E-state index is 11.3. The molecule has 0 N–H and O–H groups in total. The largest absolute Gasteiger partial charge is 0.465 e. The normalized spacial score (nSPS) is 9.19. The molecule has 0 aliphatic carbocycles. The number of ether oxygens (including phenoxy) is 1. The van der Waals surface area contributed by atoms with Crippen molar-refractivity contribution in [2.45, 2.75) is 26.7 Å². The number of hydrogen-bond acceptors (Lipinski definition) is 2. The average molecular weight is 216 g/mol. The van der Waals surface area contributed by atoms with E-state index in [9.17, 15) is 4.79 Å². The van der Waals surface area contributed by atoms with Crippen molar-refractivity contribution in [3.8, 4) is 11.8 Å². The highest BCUT2D eigenvalue weighted by molar-refractivity contribution is 5.89. The molecule has 16 heavy (non-hydrogen) atoms. The van der Waals surface area contributed by atoms with Crippen molar-refractivity contribution in [1.29, 1.82) is 0 Å². The lowest BCUT2D eigenvalue weighted by Gasteiger charge is -2.02. The summed E-state index contributed by atoms with van der Waals surface area (Å²) in [6.45, 7) is 4.05. The number of carbonyl (C=O) groups is 1. The Kier molecular flexibility index (Phi) is 4.60. The topological polar surface area (TPSA) is 26.3 Å². The van der Waals surface area contributed by atoms with Crippen LogP contribution in [-0.2, 0) is 4.74 Å². The van der Waals surface area contributed by atoms with Gasteiger partial charge in [0.1, 0.15) is 0 Å². The van der Waals surface area contributed by atoms with Crippen LogP contribution in [-0.4, -0.2) is 13.1 Å². The summed E-state index contributed by atoms with van der Waals surface area (Å²) in [4.78, 5) is 11.3. The van der Waals surface area contributed by atoms with Crippen LogP contribution in [0.1, 0.15) is 41.3 Å². The molecule has 0 atom stereocenters. The van der Waals surface area contributed by atoms with Gasteiger partial charge in [-0.2, -0.15) is 0 Å². The van der Waals surface area contributed by atoms with Crippen LogP contribution in [0.2, 0.25) is 0 Å². The fourth-order valence-corrected chi connectivity index (χ4v) is 1.33. The van der Waals surface area contributed by atoms with E-state index >= 15 is 0 Å². The lowest BCUT2D eigenvalue weighted by molar-refractivity contribution is 0.0600. The van der Waals surface area contributed by atoms with E-state index in [1.165, 1.54) is 7.11 Å². The van der Waals surface area contributed by atoms with Crippen LogP contribution in [0.25, 0.3) is 0 Å². The molecule has 1 rings (SSSR count). The second-order valence-electron chi connectivity index (χ2n) is 3.57. The summed E-state index contributed by atoms with van der Waals surface area (Å²) in [5, 5.41) is 0. The van der Waals surface area contributed by atoms with Crippen LogP contribution >= 0.6 is 0 Å². The summed E-state index contributed by atoms with van der Waals surface area (Å²) in [5.41, 5.74) is 2.55. The van der Waals surface area contributed by atoms with E-state index < -0.39 is 0 Å². The number of carbonyl (C=O) groups excluding carboxylic acids is 1. The first-order valence-corrected chi connectivity index (χ1v) is 5.37. The number of aryl methyl sites for hydroxylation is 1. The third-order valence-electron chi connectivity index (χ3n) is 2.25. The van der Waals surface area contributed by atoms with Crippen LogP contribution in [0.3, 0.4) is 0 Å². The first kappa shape index (κ1) is 12.3. The number of esters is 1. The molecule has 2 nitrogen and oxygen atoms in total. The molecule has 1 aromatic carbocycles. The predicted molar refractivity (Wildman–Crippen MR) is 64.3 cm³/mol. The standard InChI is InChI=1S/C14H16O2/c1-4-5-6-7-12-8-9-13(10-11(12)2)14(15)16-3/h8-10H,4-5H2,1-3H3. The van der Waals surface area contributed by atoms with E-state index in [1.807, 2.05) is 19.1 Å². The zero-order valence-corrected chi connectivity index (χ0v) is 9.96. The monoisotopic (exact) mass is 216 g/mol. The number of rotatable bonds is 2. The van der Waals surface area contributed by atoms with E-state index in [4.69, 9.17) is 0 Å². The van der Waals surface area contributed by atoms with E-state index in [0.717, 1.165) is 24.0 Å². The van der Waals surface area contributed by atoms with E-state index in [-0.39, 0.29) is 5.97 Å². The first-order chi connectivity index (χ1) is 7.69. The molecule has 0 heterocycles. The molecule has 0 saturated carbocycles. The third kappa shape index (κ3) is 3.13. The summed E-state index contributed by atoms with van der Waals surface area (Å²) < 4.78 is 4.65. The second kappa shape index (κ2) is 5.97. The van der Waals surface area contributed by atoms with Crippen molar-refractivity contribution in [1.82, 2.24) is 0 Å². The van der Waals surface area contributed by atoms with Crippen molar-refractivity contribution in [2.24, 2.45) is 0 Å². The Morgan fingerprint density at radius 2 is 2.19 bits per heavy atom. The smallest absolute Gasteiger partial charge is 0.337 e. The van der Waals surface area contributed by atoms with Crippen molar-refractivity contribution in [3.05, 3.63) is 34.9 Å². The molecule has 84 valence electrons. The molecule has 0 amide bonds. The fourth-order valence-electron chi connectivity index (χ4n) is 1.33. The second-order valence-corrected chi connectivity index (χ2v) is 3.57. The van der Waals surface area contributed by atoms with Gasteiger partial charge in [0.15, 0.2) is 0 Å². The quantitative estimate of drug-likeness (QED) is 0.561. The van der Waals surface area contributed by atoms with Crippen LogP contribution in [0, 0.1) is 18.8 Å². The van der Waals surface area contributed by atoms with Crippen molar-refractivity contribution < 1.29 is 9.53 Å². The van der Waals surface area contributed by atoms with Crippen LogP contribution in [0.15, 0.2) is 18.2 Å². The zero-order chi connectivity index (χ0) is 12.0. The van der Waals surface area contributed by atoms with Gasteiger partial charge in [-0.05, 0) is 37.1 Å². The fraction of sp³-hybridized carbons (Fsp3) is 0.357. The van der Waals surface area contributed by atoms with Gasteiger partial charge in [0.25, 0.3) is 0 Å². The minimum atomic E-state index is -0.309. The lowest BCUT2D eigenvalue weighted by atomic mass is 10.1. The Labute approximate surface area is 96.6 Å². The van der Waals surface area contributed by atoms with Gasteiger partial charge in [0.2, 0.25) is 0 Å². The third-order valence-corrected chi connectivity index (χ3v) is 2.25. The van der Waals surface area contributed by atoms with Crippen LogP contribution in [0.4, 0.5) is 0 Å². The molecular formula is C14H16O2. The Balaban J connectivity index is 2.93. The van der Waals surface area contributed by atoms with Crippen LogP contribution < -0.4 is 0 Å². The summed E-state index contributed by atoms with van der Waals surface area (Å²) >= 11 is 0. The molecule has 2 heteroatoms. The Bertz CT molecular complexity index is 436. The SMILES string of the molecule is CCCC#Cc1ccc(C(=O)OC)cc1C. The molecule has 0 radical (unpaired) electrons. The highest BCUT2D eigenvalue weighted by atomic mass is 16.5.